The summed E-state index contributed by atoms with van der Waals surface area (Å²) in [5, 5.41) is 3.88. The van der Waals surface area contributed by atoms with Gasteiger partial charge in [0.1, 0.15) is 6.54 Å². The average Bonchev–Trinajstić information content (AvgIpc) is 2.83. The van der Waals surface area contributed by atoms with Crippen LogP contribution in [0.1, 0.15) is 15.9 Å². The quantitative estimate of drug-likeness (QED) is 0.322. The molecule has 3 rings (SSSR count). The van der Waals surface area contributed by atoms with Gasteiger partial charge in [-0.05, 0) is 42.0 Å². The average molecular weight is 452 g/mol. The number of rotatable bonds is 8. The van der Waals surface area contributed by atoms with Gasteiger partial charge in [0, 0.05) is 0 Å². The number of nitrogens with zero attached hydrogens (tertiary/aromatic N) is 2. The predicted molar refractivity (Wildman–Crippen MR) is 121 cm³/mol. The van der Waals surface area contributed by atoms with E-state index in [9.17, 15) is 18.0 Å². The molecule has 0 radical (unpaired) electrons. The molecular weight excluding hydrogens is 430 g/mol. The SMILES string of the molecule is COC(=O)c1ccc(/C=N\NC(=O)CN(c2ccccc2)S(=O)(=O)c2ccccc2)cc1. The third-order valence-electron chi connectivity index (χ3n) is 4.40. The first-order valence-electron chi connectivity index (χ1n) is 9.55. The largest absolute Gasteiger partial charge is 0.465 e. The van der Waals surface area contributed by atoms with Crippen LogP contribution in [0.15, 0.2) is 94.9 Å². The Morgan fingerprint density at radius 2 is 1.53 bits per heavy atom. The van der Waals surface area contributed by atoms with Gasteiger partial charge in [-0.1, -0.05) is 48.5 Å². The van der Waals surface area contributed by atoms with Gasteiger partial charge in [-0.3, -0.25) is 9.10 Å². The second-order valence-corrected chi connectivity index (χ2v) is 8.43. The van der Waals surface area contributed by atoms with Gasteiger partial charge in [-0.2, -0.15) is 5.10 Å². The highest BCUT2D eigenvalue weighted by Crippen LogP contribution is 2.23. The van der Waals surface area contributed by atoms with E-state index in [0.717, 1.165) is 4.31 Å². The Labute approximate surface area is 186 Å². The van der Waals surface area contributed by atoms with Crippen molar-refractivity contribution in [3.63, 3.8) is 0 Å². The predicted octanol–water partition coefficient (Wildman–Crippen LogP) is 2.82. The van der Waals surface area contributed by atoms with E-state index in [0.29, 0.717) is 16.8 Å². The molecule has 0 aliphatic heterocycles. The normalized spacial score (nSPS) is 11.2. The third kappa shape index (κ3) is 5.58. The molecule has 1 amide bonds. The molecule has 3 aromatic carbocycles. The Balaban J connectivity index is 1.73. The molecule has 9 heteroatoms. The number of amides is 1. The lowest BCUT2D eigenvalue weighted by Crippen LogP contribution is -2.39. The van der Waals surface area contributed by atoms with E-state index < -0.39 is 28.4 Å². The van der Waals surface area contributed by atoms with Crippen molar-refractivity contribution < 1.29 is 22.7 Å². The van der Waals surface area contributed by atoms with Crippen LogP contribution in [0.25, 0.3) is 0 Å². The summed E-state index contributed by atoms with van der Waals surface area (Å²) < 4.78 is 32.0. The molecule has 0 bridgehead atoms. The first kappa shape index (κ1) is 22.7. The minimum absolute atomic E-state index is 0.0749. The van der Waals surface area contributed by atoms with E-state index >= 15 is 0 Å². The number of anilines is 1. The van der Waals surface area contributed by atoms with Crippen LogP contribution in [0.5, 0.6) is 0 Å². The number of esters is 1. The number of hydrogen-bond donors (Lipinski definition) is 1. The molecule has 0 saturated carbocycles. The Hall–Kier alpha value is -3.98. The summed E-state index contributed by atoms with van der Waals surface area (Å²) in [5.41, 5.74) is 3.71. The molecule has 8 nitrogen and oxygen atoms in total. The number of benzene rings is 3. The molecule has 1 N–H and O–H groups in total. The van der Waals surface area contributed by atoms with E-state index in [1.807, 2.05) is 0 Å². The van der Waals surface area contributed by atoms with Crippen LogP contribution in [0, 0.1) is 0 Å². The Kier molecular flexibility index (Phi) is 7.35. The monoisotopic (exact) mass is 451 g/mol. The number of hydrazone groups is 1. The maximum Gasteiger partial charge on any atom is 0.337 e. The molecule has 164 valence electrons. The van der Waals surface area contributed by atoms with Gasteiger partial charge in [-0.25, -0.2) is 18.6 Å². The molecule has 0 heterocycles. The number of ether oxygens (including phenoxy) is 1. The lowest BCUT2D eigenvalue weighted by atomic mass is 10.1. The number of sulfonamides is 1. The number of nitrogens with one attached hydrogen (secondary N) is 1. The van der Waals surface area contributed by atoms with Crippen LogP contribution >= 0.6 is 0 Å². The summed E-state index contributed by atoms with van der Waals surface area (Å²) in [4.78, 5) is 24.0. The van der Waals surface area contributed by atoms with Crippen molar-refractivity contribution in [1.29, 1.82) is 0 Å². The standard InChI is InChI=1S/C23H21N3O5S/c1-31-23(28)19-14-12-18(13-15-19)16-24-25-22(27)17-26(20-8-4-2-5-9-20)32(29,30)21-10-6-3-7-11-21/h2-16H,17H2,1H3,(H,25,27)/b24-16-. The van der Waals surface area contributed by atoms with Gasteiger partial charge < -0.3 is 4.74 Å². The first-order valence-corrected chi connectivity index (χ1v) is 11.0. The molecule has 3 aromatic rings. The van der Waals surface area contributed by atoms with Crippen LogP contribution in [-0.2, 0) is 19.6 Å². The lowest BCUT2D eigenvalue weighted by Gasteiger charge is -2.23. The number of carbonyl (C=O) groups is 2. The minimum atomic E-state index is -3.97. The Morgan fingerprint density at radius 3 is 2.12 bits per heavy atom. The van der Waals surface area contributed by atoms with Gasteiger partial charge >= 0.3 is 5.97 Å². The lowest BCUT2D eigenvalue weighted by molar-refractivity contribution is -0.119. The number of para-hydroxylation sites is 1. The van der Waals surface area contributed by atoms with Gasteiger partial charge in [0.05, 0.1) is 29.5 Å². The molecule has 0 atom stereocenters. The number of hydrogen-bond acceptors (Lipinski definition) is 6. The molecule has 0 spiro atoms. The maximum atomic E-state index is 13.1. The fourth-order valence-corrected chi connectivity index (χ4v) is 4.24. The van der Waals surface area contributed by atoms with Crippen molar-refractivity contribution in [3.05, 3.63) is 96.1 Å². The van der Waals surface area contributed by atoms with E-state index in [1.54, 1.807) is 72.8 Å². The van der Waals surface area contributed by atoms with Gasteiger partial charge in [0.25, 0.3) is 15.9 Å². The molecule has 0 aliphatic carbocycles. The fourth-order valence-electron chi connectivity index (χ4n) is 2.80. The first-order chi connectivity index (χ1) is 15.4. The van der Waals surface area contributed by atoms with E-state index in [-0.39, 0.29) is 4.90 Å². The molecule has 32 heavy (non-hydrogen) atoms. The number of carbonyl (C=O) groups excluding carboxylic acids is 2. The fraction of sp³-hybridized carbons (Fsp3) is 0.0870. The zero-order valence-corrected chi connectivity index (χ0v) is 18.0. The van der Waals surface area contributed by atoms with Crippen LogP contribution in [0.2, 0.25) is 0 Å². The van der Waals surface area contributed by atoms with Crippen molar-refractivity contribution in [2.75, 3.05) is 18.0 Å². The summed E-state index contributed by atoms with van der Waals surface area (Å²) in [6, 6.07) is 22.7. The van der Waals surface area contributed by atoms with Gasteiger partial charge in [0.2, 0.25) is 0 Å². The summed E-state index contributed by atoms with van der Waals surface area (Å²) in [6.07, 6.45) is 1.39. The summed E-state index contributed by atoms with van der Waals surface area (Å²) in [6.45, 7) is -0.458. The molecule has 0 aliphatic rings. The van der Waals surface area contributed by atoms with E-state index in [1.165, 1.54) is 25.5 Å². The highest BCUT2D eigenvalue weighted by Gasteiger charge is 2.26. The topological polar surface area (TPSA) is 105 Å². The highest BCUT2D eigenvalue weighted by molar-refractivity contribution is 7.92. The van der Waals surface area contributed by atoms with Crippen LogP contribution in [0.3, 0.4) is 0 Å². The van der Waals surface area contributed by atoms with Crippen molar-refractivity contribution >= 4 is 33.8 Å². The van der Waals surface area contributed by atoms with Crippen molar-refractivity contribution in [3.8, 4) is 0 Å². The van der Waals surface area contributed by atoms with Crippen LogP contribution in [0.4, 0.5) is 5.69 Å². The molecule has 0 aromatic heterocycles. The number of methoxy groups -OCH3 is 1. The second-order valence-electron chi connectivity index (χ2n) is 6.57. The van der Waals surface area contributed by atoms with E-state index in [2.05, 4.69) is 15.3 Å². The zero-order valence-electron chi connectivity index (χ0n) is 17.2. The maximum absolute atomic E-state index is 13.1. The molecule has 0 unspecified atom stereocenters. The van der Waals surface area contributed by atoms with E-state index in [4.69, 9.17) is 0 Å². The van der Waals surface area contributed by atoms with Crippen molar-refractivity contribution in [2.45, 2.75) is 4.90 Å². The summed E-state index contributed by atoms with van der Waals surface area (Å²) >= 11 is 0. The summed E-state index contributed by atoms with van der Waals surface area (Å²) in [7, 11) is -2.67. The third-order valence-corrected chi connectivity index (χ3v) is 6.19. The zero-order chi connectivity index (χ0) is 23.0. The Morgan fingerprint density at radius 1 is 0.938 bits per heavy atom. The smallest absolute Gasteiger partial charge is 0.337 e. The van der Waals surface area contributed by atoms with Crippen molar-refractivity contribution in [1.82, 2.24) is 5.43 Å². The van der Waals surface area contributed by atoms with Gasteiger partial charge in [-0.15, -0.1) is 0 Å². The van der Waals surface area contributed by atoms with Crippen LogP contribution < -0.4 is 9.73 Å². The Bertz CT molecular complexity index is 1200. The minimum Gasteiger partial charge on any atom is -0.465 e. The van der Waals surface area contributed by atoms with Crippen molar-refractivity contribution in [2.24, 2.45) is 5.10 Å². The second kappa shape index (κ2) is 10.4. The van der Waals surface area contributed by atoms with Gasteiger partial charge in [0.15, 0.2) is 0 Å². The molecular formula is C23H21N3O5S. The summed E-state index contributed by atoms with van der Waals surface area (Å²) in [5.74, 6) is -1.07. The highest BCUT2D eigenvalue weighted by atomic mass is 32.2. The molecule has 0 fully saturated rings. The molecule has 0 saturated heterocycles. The van der Waals surface area contributed by atoms with Crippen LogP contribution in [-0.4, -0.2) is 40.2 Å².